The van der Waals surface area contributed by atoms with Crippen LogP contribution in [0.4, 0.5) is 0 Å². The molecule has 126 valence electrons. The first-order valence-corrected chi connectivity index (χ1v) is 9.41. The van der Waals surface area contributed by atoms with E-state index in [1.165, 1.54) is 0 Å². The van der Waals surface area contributed by atoms with E-state index in [4.69, 9.17) is 11.6 Å². The van der Waals surface area contributed by atoms with Crippen LogP contribution in [0.2, 0.25) is 5.02 Å². The number of sulfonamides is 1. The number of fused-ring (bicyclic) bond motifs is 1. The Balaban J connectivity index is 1.71. The maximum atomic E-state index is 12.5. The van der Waals surface area contributed by atoms with Gasteiger partial charge in [0.15, 0.2) is 0 Å². The van der Waals surface area contributed by atoms with Crippen LogP contribution in [0, 0.1) is 13.8 Å². The molecule has 0 aliphatic heterocycles. The zero-order valence-corrected chi connectivity index (χ0v) is 15.0. The van der Waals surface area contributed by atoms with Gasteiger partial charge in [-0.15, -0.1) is 0 Å². The molecule has 0 aliphatic carbocycles. The summed E-state index contributed by atoms with van der Waals surface area (Å²) >= 11 is 5.95. The highest BCUT2D eigenvalue weighted by atomic mass is 35.5. The van der Waals surface area contributed by atoms with Gasteiger partial charge in [0.2, 0.25) is 10.0 Å². The number of rotatable bonds is 5. The average molecular weight is 364 g/mol. The Morgan fingerprint density at radius 1 is 1.17 bits per heavy atom. The molecule has 2 heterocycles. The van der Waals surface area contributed by atoms with Crippen molar-refractivity contribution in [2.45, 2.75) is 25.2 Å². The number of aromatic nitrogens is 2. The maximum Gasteiger partial charge on any atom is 0.240 e. The van der Waals surface area contributed by atoms with Crippen molar-refractivity contribution < 1.29 is 8.42 Å². The second-order valence-corrected chi connectivity index (χ2v) is 7.93. The number of imidazole rings is 1. The molecule has 3 aromatic rings. The summed E-state index contributed by atoms with van der Waals surface area (Å²) in [6, 6.07) is 9.00. The van der Waals surface area contributed by atoms with Crippen LogP contribution in [-0.2, 0) is 16.4 Å². The summed E-state index contributed by atoms with van der Waals surface area (Å²) in [7, 11) is -3.53. The van der Waals surface area contributed by atoms with Crippen molar-refractivity contribution in [2.75, 3.05) is 6.54 Å². The van der Waals surface area contributed by atoms with E-state index in [1.807, 2.05) is 35.7 Å². The predicted molar refractivity (Wildman–Crippen MR) is 95.0 cm³/mol. The third-order valence-corrected chi connectivity index (χ3v) is 5.60. The topological polar surface area (TPSA) is 63.5 Å². The van der Waals surface area contributed by atoms with Gasteiger partial charge in [0.1, 0.15) is 5.65 Å². The first kappa shape index (κ1) is 17.0. The summed E-state index contributed by atoms with van der Waals surface area (Å²) < 4.78 is 29.4. The molecule has 0 amide bonds. The van der Waals surface area contributed by atoms with Crippen LogP contribution in [0.3, 0.4) is 0 Å². The van der Waals surface area contributed by atoms with Crippen LogP contribution in [0.25, 0.3) is 5.65 Å². The van der Waals surface area contributed by atoms with Crippen LogP contribution in [0.15, 0.2) is 47.6 Å². The predicted octanol–water partition coefficient (Wildman–Crippen LogP) is 3.13. The molecular formula is C17H18ClN3O2S. The third-order valence-electron chi connectivity index (χ3n) is 3.77. The average Bonchev–Trinajstić information content (AvgIpc) is 2.91. The molecule has 0 radical (unpaired) electrons. The van der Waals surface area contributed by atoms with Gasteiger partial charge in [0.05, 0.1) is 15.6 Å². The lowest BCUT2D eigenvalue weighted by Crippen LogP contribution is -2.26. The van der Waals surface area contributed by atoms with E-state index in [9.17, 15) is 8.42 Å². The Kier molecular flexibility index (Phi) is 4.62. The SMILES string of the molecule is Cc1ccc(C)c(S(=O)(=O)NCCc2cn3cc(Cl)ccc3n2)c1. The largest absolute Gasteiger partial charge is 0.305 e. The molecular weight excluding hydrogens is 346 g/mol. The highest BCUT2D eigenvalue weighted by molar-refractivity contribution is 7.89. The van der Waals surface area contributed by atoms with Gasteiger partial charge in [-0.1, -0.05) is 23.7 Å². The second kappa shape index (κ2) is 6.55. The molecule has 0 saturated carbocycles. The lowest BCUT2D eigenvalue weighted by atomic mass is 10.2. The maximum absolute atomic E-state index is 12.5. The summed E-state index contributed by atoms with van der Waals surface area (Å²) in [5.74, 6) is 0. The van der Waals surface area contributed by atoms with Gasteiger partial charge >= 0.3 is 0 Å². The number of nitrogens with one attached hydrogen (secondary N) is 1. The summed E-state index contributed by atoms with van der Waals surface area (Å²) in [6.07, 6.45) is 4.13. The first-order chi connectivity index (χ1) is 11.3. The highest BCUT2D eigenvalue weighted by Crippen LogP contribution is 2.17. The minimum atomic E-state index is -3.53. The van der Waals surface area contributed by atoms with Crippen molar-refractivity contribution in [2.24, 2.45) is 0 Å². The smallest absolute Gasteiger partial charge is 0.240 e. The van der Waals surface area contributed by atoms with Crippen molar-refractivity contribution >= 4 is 27.3 Å². The molecule has 0 saturated heterocycles. The number of hydrogen-bond acceptors (Lipinski definition) is 3. The Bertz CT molecular complexity index is 996. The molecule has 0 unspecified atom stereocenters. The molecule has 2 aromatic heterocycles. The summed E-state index contributed by atoms with van der Waals surface area (Å²) in [6.45, 7) is 3.95. The molecule has 5 nitrogen and oxygen atoms in total. The highest BCUT2D eigenvalue weighted by Gasteiger charge is 2.16. The van der Waals surface area contributed by atoms with E-state index in [-0.39, 0.29) is 6.54 Å². The second-order valence-electron chi connectivity index (χ2n) is 5.76. The van der Waals surface area contributed by atoms with Crippen LogP contribution < -0.4 is 4.72 Å². The van der Waals surface area contributed by atoms with Crippen molar-refractivity contribution in [1.82, 2.24) is 14.1 Å². The number of hydrogen-bond donors (Lipinski definition) is 1. The van der Waals surface area contributed by atoms with Gasteiger partial charge in [-0.2, -0.15) is 0 Å². The Morgan fingerprint density at radius 3 is 2.75 bits per heavy atom. The van der Waals surface area contributed by atoms with E-state index in [0.717, 1.165) is 22.5 Å². The van der Waals surface area contributed by atoms with Crippen molar-refractivity contribution in [3.8, 4) is 0 Å². The quantitative estimate of drug-likeness (QED) is 0.757. The number of pyridine rings is 1. The lowest BCUT2D eigenvalue weighted by Gasteiger charge is -2.09. The molecule has 0 spiro atoms. The van der Waals surface area contributed by atoms with Gasteiger partial charge in [0, 0.05) is 25.4 Å². The van der Waals surface area contributed by atoms with Crippen LogP contribution in [-0.4, -0.2) is 24.3 Å². The summed E-state index contributed by atoms with van der Waals surface area (Å²) in [5, 5.41) is 0.627. The molecule has 24 heavy (non-hydrogen) atoms. The van der Waals surface area contributed by atoms with E-state index < -0.39 is 10.0 Å². The Morgan fingerprint density at radius 2 is 1.96 bits per heavy atom. The minimum Gasteiger partial charge on any atom is -0.305 e. The van der Waals surface area contributed by atoms with Crippen LogP contribution in [0.1, 0.15) is 16.8 Å². The normalized spacial score (nSPS) is 12.0. The first-order valence-electron chi connectivity index (χ1n) is 7.55. The van der Waals surface area contributed by atoms with Crippen LogP contribution in [0.5, 0.6) is 0 Å². The van der Waals surface area contributed by atoms with E-state index in [1.54, 1.807) is 25.3 Å². The van der Waals surface area contributed by atoms with Gasteiger partial charge in [-0.05, 0) is 43.2 Å². The van der Waals surface area contributed by atoms with Gasteiger partial charge in [-0.3, -0.25) is 0 Å². The van der Waals surface area contributed by atoms with Crippen molar-refractivity contribution in [3.05, 3.63) is 64.6 Å². The number of aryl methyl sites for hydroxylation is 2. The monoisotopic (exact) mass is 363 g/mol. The fraction of sp³-hybridized carbons (Fsp3) is 0.235. The van der Waals surface area contributed by atoms with E-state index >= 15 is 0 Å². The fourth-order valence-electron chi connectivity index (χ4n) is 2.53. The molecule has 0 aliphatic rings. The number of nitrogens with zero attached hydrogens (tertiary/aromatic N) is 2. The third kappa shape index (κ3) is 3.61. The molecule has 3 rings (SSSR count). The molecule has 0 bridgehead atoms. The molecule has 1 N–H and O–H groups in total. The van der Waals surface area contributed by atoms with Gasteiger partial charge < -0.3 is 4.40 Å². The molecule has 7 heteroatoms. The number of benzene rings is 1. The summed E-state index contributed by atoms with van der Waals surface area (Å²) in [4.78, 5) is 4.77. The van der Waals surface area contributed by atoms with Crippen LogP contribution >= 0.6 is 11.6 Å². The standard InChI is InChI=1S/C17H18ClN3O2S/c1-12-3-4-13(2)16(9-12)24(22,23)19-8-7-15-11-21-10-14(18)5-6-17(21)20-15/h3-6,9-11,19H,7-8H2,1-2H3. The molecule has 1 aromatic carbocycles. The van der Waals surface area contributed by atoms with Crippen molar-refractivity contribution in [3.63, 3.8) is 0 Å². The fourth-order valence-corrected chi connectivity index (χ4v) is 4.05. The van der Waals surface area contributed by atoms with Gasteiger partial charge in [-0.25, -0.2) is 18.1 Å². The van der Waals surface area contributed by atoms with E-state index in [0.29, 0.717) is 16.3 Å². The zero-order valence-electron chi connectivity index (χ0n) is 13.5. The molecule has 0 fully saturated rings. The van der Waals surface area contributed by atoms with Gasteiger partial charge in [0.25, 0.3) is 0 Å². The summed E-state index contributed by atoms with van der Waals surface area (Å²) in [5.41, 5.74) is 3.24. The minimum absolute atomic E-state index is 0.285. The Labute approximate surface area is 146 Å². The molecule has 0 atom stereocenters. The zero-order chi connectivity index (χ0) is 17.3. The van der Waals surface area contributed by atoms with E-state index in [2.05, 4.69) is 9.71 Å². The Hall–Kier alpha value is -1.89. The van der Waals surface area contributed by atoms with Crippen molar-refractivity contribution in [1.29, 1.82) is 0 Å². The lowest BCUT2D eigenvalue weighted by molar-refractivity contribution is 0.580. The number of halogens is 1.